The van der Waals surface area contributed by atoms with E-state index in [1.54, 1.807) is 0 Å². The third kappa shape index (κ3) is 2.57. The van der Waals surface area contributed by atoms with Gasteiger partial charge in [-0.1, -0.05) is 27.2 Å². The summed E-state index contributed by atoms with van der Waals surface area (Å²) in [5.74, 6) is 4.44. The lowest BCUT2D eigenvalue weighted by atomic mass is 9.43. The van der Waals surface area contributed by atoms with Gasteiger partial charge in [0.25, 0.3) is 0 Å². The lowest BCUT2D eigenvalue weighted by molar-refractivity contribution is -0.156. The molecule has 0 radical (unpaired) electrons. The van der Waals surface area contributed by atoms with E-state index in [-0.39, 0.29) is 6.10 Å². The van der Waals surface area contributed by atoms with Crippen LogP contribution < -0.4 is 0 Å². The third-order valence-electron chi connectivity index (χ3n) is 9.92. The van der Waals surface area contributed by atoms with E-state index in [4.69, 9.17) is 0 Å². The zero-order valence-corrected chi connectivity index (χ0v) is 17.3. The van der Waals surface area contributed by atoms with E-state index in [0.717, 1.165) is 48.5 Å². The summed E-state index contributed by atoms with van der Waals surface area (Å²) in [5.41, 5.74) is 1.03. The minimum atomic E-state index is -0.0303. The SMILES string of the molecule is CC[C@H]1CC[C@H]2[C@@H]3CC[C@H]4C[C@H](O)CC[C@]4(C)[C@H]3[C@H](N(C)C)C[C@]12C. The Labute approximate surface area is 155 Å². The van der Waals surface area contributed by atoms with Crippen LogP contribution in [0.1, 0.15) is 78.6 Å². The molecule has 0 heterocycles. The Morgan fingerprint density at radius 1 is 1.00 bits per heavy atom. The average molecular weight is 348 g/mol. The quantitative estimate of drug-likeness (QED) is 0.763. The van der Waals surface area contributed by atoms with Crippen molar-refractivity contribution in [3.05, 3.63) is 0 Å². The van der Waals surface area contributed by atoms with Crippen LogP contribution >= 0.6 is 0 Å². The topological polar surface area (TPSA) is 23.5 Å². The van der Waals surface area contributed by atoms with Crippen molar-refractivity contribution in [2.24, 2.45) is 40.4 Å². The first-order valence-electron chi connectivity index (χ1n) is 11.2. The summed E-state index contributed by atoms with van der Waals surface area (Å²) in [7, 11) is 4.68. The molecule has 0 unspecified atom stereocenters. The van der Waals surface area contributed by atoms with Crippen molar-refractivity contribution in [3.63, 3.8) is 0 Å². The molecule has 2 heteroatoms. The van der Waals surface area contributed by atoms with Crippen molar-refractivity contribution in [2.75, 3.05) is 14.1 Å². The van der Waals surface area contributed by atoms with Gasteiger partial charge in [0.1, 0.15) is 0 Å². The maximum absolute atomic E-state index is 10.3. The Bertz CT molecular complexity index is 504. The second kappa shape index (κ2) is 6.23. The maximum atomic E-state index is 10.3. The highest BCUT2D eigenvalue weighted by atomic mass is 16.3. The van der Waals surface area contributed by atoms with Gasteiger partial charge in [-0.3, -0.25) is 0 Å². The molecule has 0 aromatic heterocycles. The Hall–Kier alpha value is -0.0800. The summed E-state index contributed by atoms with van der Waals surface area (Å²) >= 11 is 0. The number of rotatable bonds is 2. The molecule has 4 aliphatic rings. The predicted octanol–water partition coefficient (Wildman–Crippen LogP) is 4.96. The molecule has 4 rings (SSSR count). The van der Waals surface area contributed by atoms with E-state index in [9.17, 15) is 5.11 Å². The highest BCUT2D eigenvalue weighted by Crippen LogP contribution is 2.68. The summed E-state index contributed by atoms with van der Waals surface area (Å²) in [6, 6.07) is 0.737. The molecule has 0 saturated heterocycles. The van der Waals surface area contributed by atoms with Gasteiger partial charge in [-0.2, -0.15) is 0 Å². The number of aliphatic hydroxyl groups is 1. The number of nitrogens with zero attached hydrogens (tertiary/aromatic N) is 1. The number of fused-ring (bicyclic) bond motifs is 5. The normalized spacial score (nSPS) is 55.6. The van der Waals surface area contributed by atoms with Gasteiger partial charge in [0.2, 0.25) is 0 Å². The molecule has 25 heavy (non-hydrogen) atoms. The van der Waals surface area contributed by atoms with Crippen molar-refractivity contribution in [1.29, 1.82) is 0 Å². The van der Waals surface area contributed by atoms with Crippen molar-refractivity contribution in [2.45, 2.75) is 90.7 Å². The lowest BCUT2D eigenvalue weighted by Crippen LogP contribution is -2.61. The molecule has 0 aliphatic heterocycles. The highest BCUT2D eigenvalue weighted by molar-refractivity contribution is 5.13. The van der Waals surface area contributed by atoms with Gasteiger partial charge in [-0.05, 0) is 106 Å². The molecule has 4 saturated carbocycles. The summed E-state index contributed by atoms with van der Waals surface area (Å²) in [6.07, 6.45) is 11.9. The molecule has 0 aromatic carbocycles. The molecule has 0 spiro atoms. The highest BCUT2D eigenvalue weighted by Gasteiger charge is 2.63. The lowest BCUT2D eigenvalue weighted by Gasteiger charge is -2.64. The van der Waals surface area contributed by atoms with Gasteiger partial charge in [0.05, 0.1) is 6.10 Å². The van der Waals surface area contributed by atoms with Crippen LogP contribution in [0.25, 0.3) is 0 Å². The van der Waals surface area contributed by atoms with Crippen molar-refractivity contribution >= 4 is 0 Å². The van der Waals surface area contributed by atoms with Gasteiger partial charge in [-0.25, -0.2) is 0 Å². The first-order chi connectivity index (χ1) is 11.8. The third-order valence-corrected chi connectivity index (χ3v) is 9.92. The van der Waals surface area contributed by atoms with E-state index >= 15 is 0 Å². The number of hydrogen-bond donors (Lipinski definition) is 1. The van der Waals surface area contributed by atoms with Crippen molar-refractivity contribution in [1.82, 2.24) is 4.90 Å². The van der Waals surface area contributed by atoms with Crippen LogP contribution in [0, 0.1) is 40.4 Å². The summed E-state index contributed by atoms with van der Waals surface area (Å²) in [4.78, 5) is 2.59. The van der Waals surface area contributed by atoms with E-state index < -0.39 is 0 Å². The molecule has 0 aromatic rings. The van der Waals surface area contributed by atoms with Crippen LogP contribution in [0.5, 0.6) is 0 Å². The van der Waals surface area contributed by atoms with Crippen molar-refractivity contribution < 1.29 is 5.11 Å². The molecule has 0 amide bonds. The van der Waals surface area contributed by atoms with Crippen LogP contribution in [0.2, 0.25) is 0 Å². The zero-order valence-electron chi connectivity index (χ0n) is 17.3. The van der Waals surface area contributed by atoms with Gasteiger partial charge < -0.3 is 10.0 Å². The largest absolute Gasteiger partial charge is 0.393 e. The van der Waals surface area contributed by atoms with Crippen LogP contribution in [0.3, 0.4) is 0 Å². The van der Waals surface area contributed by atoms with Crippen LogP contribution in [-0.2, 0) is 0 Å². The minimum absolute atomic E-state index is 0.0303. The monoisotopic (exact) mass is 347 g/mol. The summed E-state index contributed by atoms with van der Waals surface area (Å²) < 4.78 is 0. The average Bonchev–Trinajstić information content (AvgIpc) is 2.90. The van der Waals surface area contributed by atoms with Crippen LogP contribution in [0.4, 0.5) is 0 Å². The molecule has 144 valence electrons. The smallest absolute Gasteiger partial charge is 0.0543 e. The maximum Gasteiger partial charge on any atom is 0.0543 e. The molecule has 1 N–H and O–H groups in total. The summed E-state index contributed by atoms with van der Waals surface area (Å²) in [5, 5.41) is 10.3. The van der Waals surface area contributed by atoms with Gasteiger partial charge in [0, 0.05) is 6.04 Å². The molecule has 0 bridgehead atoms. The van der Waals surface area contributed by atoms with E-state index in [1.165, 1.54) is 44.9 Å². The van der Waals surface area contributed by atoms with Crippen LogP contribution in [0.15, 0.2) is 0 Å². The van der Waals surface area contributed by atoms with Gasteiger partial charge in [0.15, 0.2) is 0 Å². The van der Waals surface area contributed by atoms with Crippen molar-refractivity contribution in [3.8, 4) is 0 Å². The zero-order chi connectivity index (χ0) is 18.0. The first-order valence-corrected chi connectivity index (χ1v) is 11.2. The Balaban J connectivity index is 1.72. The molecular weight excluding hydrogens is 306 g/mol. The van der Waals surface area contributed by atoms with Gasteiger partial charge in [-0.15, -0.1) is 0 Å². The molecular formula is C23H41NO. The number of aliphatic hydroxyl groups excluding tert-OH is 1. The summed E-state index contributed by atoms with van der Waals surface area (Å²) in [6.45, 7) is 7.70. The molecule has 2 nitrogen and oxygen atoms in total. The number of hydrogen-bond acceptors (Lipinski definition) is 2. The molecule has 4 fully saturated rings. The Morgan fingerprint density at radius 3 is 2.44 bits per heavy atom. The second-order valence-electron chi connectivity index (χ2n) is 10.9. The fourth-order valence-corrected chi connectivity index (χ4v) is 8.64. The van der Waals surface area contributed by atoms with Crippen LogP contribution in [-0.4, -0.2) is 36.2 Å². The molecule has 4 aliphatic carbocycles. The Morgan fingerprint density at radius 2 is 1.76 bits per heavy atom. The second-order valence-corrected chi connectivity index (χ2v) is 10.9. The van der Waals surface area contributed by atoms with Gasteiger partial charge >= 0.3 is 0 Å². The van der Waals surface area contributed by atoms with E-state index in [0.29, 0.717) is 10.8 Å². The fourth-order valence-electron chi connectivity index (χ4n) is 8.64. The standard InChI is InChI=1S/C23H41NO/c1-6-15-8-10-19-18-9-7-16-13-17(25)11-12-22(16,2)21(18)20(24(4)5)14-23(15,19)3/h15-21,25H,6-14H2,1-5H3/t15-,16-,17+,18-,19-,20+,21+,22-,23+/m0/s1. The molecule has 9 atom stereocenters. The minimum Gasteiger partial charge on any atom is -0.393 e. The van der Waals surface area contributed by atoms with E-state index in [2.05, 4.69) is 39.8 Å². The Kier molecular flexibility index (Phi) is 4.56. The van der Waals surface area contributed by atoms with E-state index in [1.807, 2.05) is 0 Å². The fraction of sp³-hybridized carbons (Fsp3) is 1.00. The predicted molar refractivity (Wildman–Crippen MR) is 104 cm³/mol. The first kappa shape index (κ1) is 18.3.